The topological polar surface area (TPSA) is 147 Å². The van der Waals surface area contributed by atoms with E-state index in [0.29, 0.717) is 25.8 Å². The number of hydrogen-bond donors (Lipinski definition) is 3. The average Bonchev–Trinajstić information content (AvgIpc) is 4.06. The number of fused-ring (bicyclic) bond motifs is 4. The molecule has 0 radical (unpaired) electrons. The zero-order valence-electron chi connectivity index (χ0n) is 28.5. The summed E-state index contributed by atoms with van der Waals surface area (Å²) in [6, 6.07) is 13.5. The third kappa shape index (κ3) is 5.49. The molecule has 7 aliphatic rings. The highest BCUT2D eigenvalue weighted by Crippen LogP contribution is 2.64. The number of carbonyl (C=O) groups is 3. The summed E-state index contributed by atoms with van der Waals surface area (Å²) in [6.07, 6.45) is 7.39. The van der Waals surface area contributed by atoms with Crippen LogP contribution in [0.4, 0.5) is 0 Å². The van der Waals surface area contributed by atoms with Crippen molar-refractivity contribution in [3.05, 3.63) is 71.3 Å². The summed E-state index contributed by atoms with van der Waals surface area (Å²) in [4.78, 5) is 50.9. The van der Waals surface area contributed by atoms with Crippen LogP contribution in [0.15, 0.2) is 54.6 Å². The molecular formula is C39H45N3O9. The van der Waals surface area contributed by atoms with Crippen LogP contribution in [0, 0.1) is 17.3 Å². The summed E-state index contributed by atoms with van der Waals surface area (Å²) in [5, 5.41) is 23.8. The lowest BCUT2D eigenvalue weighted by molar-refractivity contribution is -0.235. The lowest BCUT2D eigenvalue weighted by atomic mass is 9.62. The Hall–Kier alpha value is -3.81. The van der Waals surface area contributed by atoms with Crippen LogP contribution in [0.2, 0.25) is 0 Å². The number of likely N-dealkylation sites (tertiary alicyclic amines) is 1. The van der Waals surface area contributed by atoms with E-state index in [-0.39, 0.29) is 55.5 Å². The van der Waals surface area contributed by atoms with E-state index in [0.717, 1.165) is 42.4 Å². The van der Waals surface area contributed by atoms with Crippen LogP contribution in [-0.2, 0) is 46.4 Å². The van der Waals surface area contributed by atoms with Gasteiger partial charge in [0, 0.05) is 31.3 Å². The van der Waals surface area contributed by atoms with Crippen molar-refractivity contribution in [1.29, 1.82) is 0 Å². The quantitative estimate of drug-likeness (QED) is 0.300. The average molecular weight is 700 g/mol. The molecule has 270 valence electrons. The number of aliphatic hydroxyl groups excluding tert-OH is 1. The lowest BCUT2D eigenvalue weighted by Gasteiger charge is -2.50. The van der Waals surface area contributed by atoms with Gasteiger partial charge in [0.15, 0.2) is 11.8 Å². The van der Waals surface area contributed by atoms with E-state index in [4.69, 9.17) is 19.0 Å². The van der Waals surface area contributed by atoms with E-state index in [1.807, 2.05) is 48.6 Å². The van der Waals surface area contributed by atoms with Crippen LogP contribution in [0.1, 0.15) is 61.6 Å². The SMILES string of the molecule is O=C(NCCO)C1CCCN1C(=O)C12CC3OC(=O)C1N(Cc1ccc(C=CCc4ccccc4O)cc1)OC2C1OC(C2CC2)(C2CC2)OC31. The Bertz CT molecular complexity index is 1710. The van der Waals surface area contributed by atoms with Gasteiger partial charge in [-0.15, -0.1) is 0 Å². The number of nitrogens with one attached hydrogen (secondary N) is 1. The Labute approximate surface area is 296 Å². The fourth-order valence-electron chi connectivity index (χ4n) is 9.41. The Kier molecular flexibility index (Phi) is 8.23. The van der Waals surface area contributed by atoms with Gasteiger partial charge in [0.2, 0.25) is 11.8 Å². The van der Waals surface area contributed by atoms with Gasteiger partial charge in [0.1, 0.15) is 41.6 Å². The first-order chi connectivity index (χ1) is 24.8. The predicted octanol–water partition coefficient (Wildman–Crippen LogP) is 2.85. The molecule has 2 amide bonds. The zero-order valence-corrected chi connectivity index (χ0v) is 28.5. The van der Waals surface area contributed by atoms with Gasteiger partial charge in [0.25, 0.3) is 0 Å². The smallest absolute Gasteiger partial charge is 0.327 e. The highest BCUT2D eigenvalue weighted by Gasteiger charge is 2.78. The number of amides is 2. The van der Waals surface area contributed by atoms with Gasteiger partial charge in [-0.05, 0) is 67.7 Å². The number of phenolic OH excluding ortho intramolecular Hbond substituents is 1. The van der Waals surface area contributed by atoms with Crippen molar-refractivity contribution in [2.24, 2.45) is 17.3 Å². The second kappa shape index (κ2) is 12.7. The molecule has 3 N–H and O–H groups in total. The van der Waals surface area contributed by atoms with E-state index in [1.165, 1.54) is 0 Å². The molecule has 12 nitrogen and oxygen atoms in total. The number of carbonyl (C=O) groups excluding carboxylic acids is 3. The molecule has 2 bridgehead atoms. The van der Waals surface area contributed by atoms with E-state index >= 15 is 4.79 Å². The fraction of sp³-hybridized carbons (Fsp3) is 0.564. The fourth-order valence-corrected chi connectivity index (χ4v) is 9.41. The van der Waals surface area contributed by atoms with Crippen molar-refractivity contribution in [1.82, 2.24) is 15.3 Å². The molecule has 3 saturated carbocycles. The minimum absolute atomic E-state index is 0.101. The number of aromatic hydroxyl groups is 1. The molecule has 9 rings (SSSR count). The van der Waals surface area contributed by atoms with Crippen LogP contribution < -0.4 is 5.32 Å². The van der Waals surface area contributed by atoms with Crippen molar-refractivity contribution in [3.8, 4) is 5.75 Å². The summed E-state index contributed by atoms with van der Waals surface area (Å²) in [6.45, 7) is 0.516. The third-order valence-electron chi connectivity index (χ3n) is 12.1. The van der Waals surface area contributed by atoms with Crippen molar-refractivity contribution in [2.45, 2.75) is 100 Å². The molecule has 3 aliphatic carbocycles. The summed E-state index contributed by atoms with van der Waals surface area (Å²) < 4.78 is 20.0. The first-order valence-electron chi connectivity index (χ1n) is 18.5. The Morgan fingerprint density at radius 2 is 1.73 bits per heavy atom. The number of aliphatic hydroxyl groups is 1. The van der Waals surface area contributed by atoms with Gasteiger partial charge in [-0.2, -0.15) is 5.06 Å². The maximum absolute atomic E-state index is 15.1. The number of ether oxygens (including phenoxy) is 3. The number of hydrogen-bond acceptors (Lipinski definition) is 10. The van der Waals surface area contributed by atoms with E-state index < -0.39 is 53.7 Å². The molecule has 4 aliphatic heterocycles. The molecule has 2 aromatic carbocycles. The predicted molar refractivity (Wildman–Crippen MR) is 181 cm³/mol. The molecular weight excluding hydrogens is 654 g/mol. The molecule has 7 fully saturated rings. The van der Waals surface area contributed by atoms with Gasteiger partial charge < -0.3 is 34.6 Å². The van der Waals surface area contributed by atoms with Crippen LogP contribution in [0.3, 0.4) is 0 Å². The van der Waals surface area contributed by atoms with Crippen molar-refractivity contribution in [3.63, 3.8) is 0 Å². The van der Waals surface area contributed by atoms with Crippen molar-refractivity contribution >= 4 is 23.9 Å². The number of phenols is 1. The minimum Gasteiger partial charge on any atom is -0.508 e. The standard InChI is InChI=1S/C39H45N3O9/c43-20-18-40-35(45)28-8-4-19-41(28)37(47)38-21-30-31-32(50-39(49-31,26-14-15-26)27-16-17-27)34(38)51-42(33(38)36(46)48-30)22-24-12-10-23(11-13-24)5-3-7-25-6-1-2-9-29(25)44/h1-3,5-6,9-13,26-28,30-34,43-44H,4,7-8,14-22H2,(H,40,45). The second-order valence-corrected chi connectivity index (χ2v) is 15.3. The van der Waals surface area contributed by atoms with Gasteiger partial charge in [-0.1, -0.05) is 54.6 Å². The Morgan fingerprint density at radius 1 is 0.980 bits per heavy atom. The molecule has 12 heteroatoms. The van der Waals surface area contributed by atoms with Crippen LogP contribution in [0.5, 0.6) is 5.75 Å². The number of allylic oxidation sites excluding steroid dienone is 1. The van der Waals surface area contributed by atoms with E-state index in [1.54, 1.807) is 22.1 Å². The third-order valence-corrected chi connectivity index (χ3v) is 12.1. The number of nitrogens with zero attached hydrogens (tertiary/aromatic N) is 2. The zero-order chi connectivity index (χ0) is 34.9. The van der Waals surface area contributed by atoms with Gasteiger partial charge in [0.05, 0.1) is 13.2 Å². The number of rotatable bonds is 11. The maximum atomic E-state index is 15.1. The summed E-state index contributed by atoms with van der Waals surface area (Å²) >= 11 is 0. The minimum atomic E-state index is -1.33. The van der Waals surface area contributed by atoms with E-state index in [9.17, 15) is 19.8 Å². The number of benzene rings is 2. The van der Waals surface area contributed by atoms with Gasteiger partial charge in [-0.3, -0.25) is 19.2 Å². The summed E-state index contributed by atoms with van der Waals surface area (Å²) in [7, 11) is 0. The molecule has 51 heavy (non-hydrogen) atoms. The van der Waals surface area contributed by atoms with Crippen molar-refractivity contribution in [2.75, 3.05) is 19.7 Å². The van der Waals surface area contributed by atoms with Gasteiger partial charge >= 0.3 is 5.97 Å². The molecule has 4 saturated heterocycles. The molecule has 2 aromatic rings. The monoisotopic (exact) mass is 699 g/mol. The van der Waals surface area contributed by atoms with Crippen LogP contribution in [-0.4, -0.2) is 99.9 Å². The highest BCUT2D eigenvalue weighted by molar-refractivity contribution is 5.96. The molecule has 4 heterocycles. The van der Waals surface area contributed by atoms with Crippen LogP contribution >= 0.6 is 0 Å². The van der Waals surface area contributed by atoms with Crippen LogP contribution in [0.25, 0.3) is 6.08 Å². The largest absolute Gasteiger partial charge is 0.508 e. The van der Waals surface area contributed by atoms with Crippen molar-refractivity contribution < 1.29 is 43.6 Å². The summed E-state index contributed by atoms with van der Waals surface area (Å²) in [5.74, 6) is -1.06. The Morgan fingerprint density at radius 3 is 2.45 bits per heavy atom. The maximum Gasteiger partial charge on any atom is 0.327 e. The first-order valence-corrected chi connectivity index (χ1v) is 18.5. The normalized spacial score (nSPS) is 33.7. The van der Waals surface area contributed by atoms with E-state index in [2.05, 4.69) is 5.32 Å². The number of esters is 1. The number of para-hydroxylation sites is 1. The first kappa shape index (κ1) is 33.1. The summed E-state index contributed by atoms with van der Waals surface area (Å²) in [5.41, 5.74) is 1.38. The lowest BCUT2D eigenvalue weighted by Crippen LogP contribution is -2.70. The second-order valence-electron chi connectivity index (χ2n) is 15.3. The molecule has 7 unspecified atom stereocenters. The highest BCUT2D eigenvalue weighted by atomic mass is 16.8. The Balaban J connectivity index is 1.01. The van der Waals surface area contributed by atoms with Gasteiger partial charge in [-0.25, -0.2) is 0 Å². The number of hydroxylamine groups is 2. The molecule has 0 spiro atoms. The molecule has 0 aromatic heterocycles. The molecule has 7 atom stereocenters.